The molecule has 0 saturated carbocycles. The lowest BCUT2D eigenvalue weighted by atomic mass is 10.2. The zero-order valence-electron chi connectivity index (χ0n) is 11.0. The van der Waals surface area contributed by atoms with E-state index in [0.717, 1.165) is 48.0 Å². The van der Waals surface area contributed by atoms with Crippen molar-refractivity contribution in [1.29, 1.82) is 0 Å². The number of hydrogen-bond donors (Lipinski definition) is 1. The summed E-state index contributed by atoms with van der Waals surface area (Å²) in [5, 5.41) is 0. The zero-order chi connectivity index (χ0) is 13.9. The molecule has 5 nitrogen and oxygen atoms in total. The number of nitrogens with zero attached hydrogens (tertiary/aromatic N) is 4. The highest BCUT2D eigenvalue weighted by atomic mass is 79.9. The third kappa shape index (κ3) is 2.56. The fourth-order valence-corrected chi connectivity index (χ4v) is 2.92. The van der Waals surface area contributed by atoms with Gasteiger partial charge in [-0.2, -0.15) is 0 Å². The summed E-state index contributed by atoms with van der Waals surface area (Å²) in [6, 6.07) is 7.70. The van der Waals surface area contributed by atoms with E-state index in [1.807, 2.05) is 30.5 Å². The highest BCUT2D eigenvalue weighted by molar-refractivity contribution is 9.10. The minimum absolute atomic E-state index is 0.736. The first kappa shape index (κ1) is 13.2. The number of hydrogen-bond acceptors (Lipinski definition) is 5. The van der Waals surface area contributed by atoms with Gasteiger partial charge < -0.3 is 15.5 Å². The van der Waals surface area contributed by atoms with Crippen LogP contribution in [0.25, 0.3) is 0 Å². The number of anilines is 3. The molecule has 3 rings (SSSR count). The van der Waals surface area contributed by atoms with Gasteiger partial charge in [0.15, 0.2) is 5.82 Å². The van der Waals surface area contributed by atoms with Gasteiger partial charge in [-0.25, -0.2) is 9.97 Å². The lowest BCUT2D eigenvalue weighted by molar-refractivity contribution is 0.641. The quantitative estimate of drug-likeness (QED) is 0.912. The number of halogens is 1. The average molecular weight is 334 g/mol. The smallest absolute Gasteiger partial charge is 0.151 e. The molecule has 1 aliphatic heterocycles. The van der Waals surface area contributed by atoms with Crippen LogP contribution in [-0.2, 0) is 0 Å². The highest BCUT2D eigenvalue weighted by Gasteiger charge is 2.21. The monoisotopic (exact) mass is 333 g/mol. The molecule has 1 saturated heterocycles. The summed E-state index contributed by atoms with van der Waals surface area (Å²) >= 11 is 3.55. The molecular weight excluding hydrogens is 318 g/mol. The SMILES string of the molecule is Nc1cccnc1N1CCN(c2ncccc2Br)CC1. The van der Waals surface area contributed by atoms with E-state index < -0.39 is 0 Å². The van der Waals surface area contributed by atoms with Crippen LogP contribution in [-0.4, -0.2) is 36.1 Å². The molecule has 0 amide bonds. The Kier molecular flexibility index (Phi) is 3.73. The Balaban J connectivity index is 1.72. The Morgan fingerprint density at radius 2 is 1.45 bits per heavy atom. The van der Waals surface area contributed by atoms with Crippen molar-refractivity contribution in [2.75, 3.05) is 41.7 Å². The summed E-state index contributed by atoms with van der Waals surface area (Å²) in [6.07, 6.45) is 3.61. The number of piperazine rings is 1. The number of rotatable bonds is 2. The van der Waals surface area contributed by atoms with Crippen molar-refractivity contribution in [2.45, 2.75) is 0 Å². The lowest BCUT2D eigenvalue weighted by Crippen LogP contribution is -2.47. The van der Waals surface area contributed by atoms with Gasteiger partial charge in [-0.3, -0.25) is 0 Å². The van der Waals surface area contributed by atoms with Crippen LogP contribution in [0.15, 0.2) is 41.1 Å². The van der Waals surface area contributed by atoms with E-state index in [2.05, 4.69) is 35.7 Å². The van der Waals surface area contributed by atoms with Gasteiger partial charge in [-0.05, 0) is 40.2 Å². The molecule has 0 atom stereocenters. The lowest BCUT2D eigenvalue weighted by Gasteiger charge is -2.36. The van der Waals surface area contributed by atoms with Crippen molar-refractivity contribution in [2.24, 2.45) is 0 Å². The maximum Gasteiger partial charge on any atom is 0.151 e. The number of aromatic nitrogens is 2. The predicted molar refractivity (Wildman–Crippen MR) is 85.0 cm³/mol. The van der Waals surface area contributed by atoms with Gasteiger partial charge in [0.2, 0.25) is 0 Å². The molecule has 0 bridgehead atoms. The standard InChI is InChI=1S/C14H16BrN5/c15-11-3-1-5-17-13(11)19-7-9-20(10-8-19)14-12(16)4-2-6-18-14/h1-6H,7-10,16H2. The minimum atomic E-state index is 0.736. The van der Waals surface area contributed by atoms with Gasteiger partial charge >= 0.3 is 0 Å². The zero-order valence-corrected chi connectivity index (χ0v) is 12.6. The molecule has 2 aromatic heterocycles. The normalized spacial score (nSPS) is 15.4. The molecule has 20 heavy (non-hydrogen) atoms. The largest absolute Gasteiger partial charge is 0.396 e. The molecule has 0 aromatic carbocycles. The van der Waals surface area contributed by atoms with Crippen molar-refractivity contribution in [3.63, 3.8) is 0 Å². The third-order valence-corrected chi connectivity index (χ3v) is 4.05. The Hall–Kier alpha value is -1.82. The fourth-order valence-electron chi connectivity index (χ4n) is 2.41. The van der Waals surface area contributed by atoms with Crippen molar-refractivity contribution in [3.8, 4) is 0 Å². The summed E-state index contributed by atoms with van der Waals surface area (Å²) in [6.45, 7) is 3.60. The minimum Gasteiger partial charge on any atom is -0.396 e. The maximum absolute atomic E-state index is 5.98. The van der Waals surface area contributed by atoms with Gasteiger partial charge in [0.05, 0.1) is 10.2 Å². The summed E-state index contributed by atoms with van der Waals surface area (Å²) in [5.41, 5.74) is 6.72. The molecule has 2 N–H and O–H groups in total. The number of nitrogen functional groups attached to an aromatic ring is 1. The Morgan fingerprint density at radius 3 is 2.05 bits per heavy atom. The second-order valence-corrected chi connectivity index (χ2v) is 5.55. The van der Waals surface area contributed by atoms with E-state index in [1.165, 1.54) is 0 Å². The summed E-state index contributed by atoms with van der Waals surface area (Å²) in [5.74, 6) is 1.88. The number of nitrogens with two attached hydrogens (primary N) is 1. The van der Waals surface area contributed by atoms with Gasteiger partial charge in [0.1, 0.15) is 5.82 Å². The summed E-state index contributed by atoms with van der Waals surface area (Å²) in [4.78, 5) is 13.3. The van der Waals surface area contributed by atoms with Crippen molar-refractivity contribution < 1.29 is 0 Å². The fraction of sp³-hybridized carbons (Fsp3) is 0.286. The second-order valence-electron chi connectivity index (χ2n) is 4.70. The Labute approximate surface area is 126 Å². The van der Waals surface area contributed by atoms with Gasteiger partial charge in [-0.15, -0.1) is 0 Å². The van der Waals surface area contributed by atoms with Gasteiger partial charge in [-0.1, -0.05) is 0 Å². The second kappa shape index (κ2) is 5.66. The highest BCUT2D eigenvalue weighted by Crippen LogP contribution is 2.26. The van der Waals surface area contributed by atoms with E-state index in [4.69, 9.17) is 5.73 Å². The molecule has 0 unspecified atom stereocenters. The van der Waals surface area contributed by atoms with Crippen molar-refractivity contribution in [3.05, 3.63) is 41.1 Å². The molecule has 104 valence electrons. The molecule has 0 spiro atoms. The van der Waals surface area contributed by atoms with Crippen LogP contribution in [0.1, 0.15) is 0 Å². The first-order chi connectivity index (χ1) is 9.75. The van der Waals surface area contributed by atoms with Crippen LogP contribution < -0.4 is 15.5 Å². The summed E-state index contributed by atoms with van der Waals surface area (Å²) in [7, 11) is 0. The van der Waals surface area contributed by atoms with E-state index in [9.17, 15) is 0 Å². The topological polar surface area (TPSA) is 58.3 Å². The van der Waals surface area contributed by atoms with Gasteiger partial charge in [0, 0.05) is 38.6 Å². The van der Waals surface area contributed by atoms with E-state index >= 15 is 0 Å². The third-order valence-electron chi connectivity index (χ3n) is 3.43. The molecule has 1 fully saturated rings. The average Bonchev–Trinajstić information content (AvgIpc) is 2.49. The van der Waals surface area contributed by atoms with Crippen LogP contribution >= 0.6 is 15.9 Å². The molecule has 0 aliphatic carbocycles. The van der Waals surface area contributed by atoms with Crippen LogP contribution in [0.4, 0.5) is 17.3 Å². The Morgan fingerprint density at radius 1 is 0.900 bits per heavy atom. The molecule has 2 aromatic rings. The van der Waals surface area contributed by atoms with Crippen LogP contribution in [0, 0.1) is 0 Å². The van der Waals surface area contributed by atoms with Gasteiger partial charge in [0.25, 0.3) is 0 Å². The molecule has 3 heterocycles. The first-order valence-corrected chi connectivity index (χ1v) is 7.36. The van der Waals surface area contributed by atoms with Crippen LogP contribution in [0.3, 0.4) is 0 Å². The van der Waals surface area contributed by atoms with E-state index in [-0.39, 0.29) is 0 Å². The molecule has 6 heteroatoms. The molecular formula is C14H16BrN5. The van der Waals surface area contributed by atoms with Crippen molar-refractivity contribution >= 4 is 33.3 Å². The molecule has 1 aliphatic rings. The van der Waals surface area contributed by atoms with Crippen LogP contribution in [0.5, 0.6) is 0 Å². The van der Waals surface area contributed by atoms with E-state index in [1.54, 1.807) is 6.20 Å². The van der Waals surface area contributed by atoms with E-state index in [0.29, 0.717) is 0 Å². The molecule has 0 radical (unpaired) electrons. The Bertz CT molecular complexity index is 542. The first-order valence-electron chi connectivity index (χ1n) is 6.56. The van der Waals surface area contributed by atoms with Crippen LogP contribution in [0.2, 0.25) is 0 Å². The predicted octanol–water partition coefficient (Wildman–Crippen LogP) is 2.15. The summed E-state index contributed by atoms with van der Waals surface area (Å²) < 4.78 is 1.03. The maximum atomic E-state index is 5.98. The van der Waals surface area contributed by atoms with Crippen molar-refractivity contribution in [1.82, 2.24) is 9.97 Å². The number of pyridine rings is 2.